The molecule has 0 amide bonds. The molecule has 7 heteroatoms. The third-order valence-corrected chi connectivity index (χ3v) is 4.58. The molecule has 0 aliphatic carbocycles. The van der Waals surface area contributed by atoms with Gasteiger partial charge in [-0.1, -0.05) is 41.9 Å². The van der Waals surface area contributed by atoms with Crippen LogP contribution < -0.4 is 10.9 Å². The summed E-state index contributed by atoms with van der Waals surface area (Å²) in [5.74, 6) is 1.13. The zero-order chi connectivity index (χ0) is 18.3. The Bertz CT molecular complexity index is 1120. The summed E-state index contributed by atoms with van der Waals surface area (Å²) >= 11 is 6.25. The summed E-state index contributed by atoms with van der Waals surface area (Å²) in [6.45, 7) is 1.87. The van der Waals surface area contributed by atoms with Gasteiger partial charge in [0.25, 0.3) is 5.56 Å². The largest absolute Gasteiger partial charge is 0.348 e. The van der Waals surface area contributed by atoms with Gasteiger partial charge in [0.15, 0.2) is 5.82 Å². The normalized spacial score (nSPS) is 11.0. The van der Waals surface area contributed by atoms with Gasteiger partial charge in [-0.25, -0.2) is 9.67 Å². The van der Waals surface area contributed by atoms with E-state index in [0.717, 1.165) is 11.5 Å². The van der Waals surface area contributed by atoms with Crippen molar-refractivity contribution in [1.82, 2.24) is 19.3 Å². The smallest absolute Gasteiger partial charge is 0.297 e. The van der Waals surface area contributed by atoms with E-state index in [9.17, 15) is 4.79 Å². The average molecular weight is 366 g/mol. The minimum atomic E-state index is -0.372. The van der Waals surface area contributed by atoms with E-state index in [0.29, 0.717) is 27.9 Å². The highest BCUT2D eigenvalue weighted by Crippen LogP contribution is 2.32. The van der Waals surface area contributed by atoms with Gasteiger partial charge in [0, 0.05) is 7.05 Å². The molecule has 0 aromatic heterocycles. The van der Waals surface area contributed by atoms with Crippen molar-refractivity contribution in [2.75, 3.05) is 5.32 Å². The lowest BCUT2D eigenvalue weighted by molar-refractivity contribution is 0.595. The molecule has 0 unspecified atom stereocenters. The number of fused-ring (bicyclic) bond motifs is 1. The maximum absolute atomic E-state index is 12.6. The van der Waals surface area contributed by atoms with Gasteiger partial charge in [-0.3, -0.25) is 9.48 Å². The third-order valence-electron chi connectivity index (χ3n) is 4.25. The van der Waals surface area contributed by atoms with E-state index in [1.54, 1.807) is 6.07 Å². The van der Waals surface area contributed by atoms with Crippen molar-refractivity contribution < 1.29 is 0 Å². The molecule has 2 aromatic rings. The first-order chi connectivity index (χ1) is 12.6. The molecule has 0 atom stereocenters. The zero-order valence-electron chi connectivity index (χ0n) is 14.3. The average Bonchev–Trinajstić information content (AvgIpc) is 2.94. The molecular weight excluding hydrogens is 350 g/mol. The SMILES string of the molecule is Cc1nc2nc(=O)c(Nc3ccccc3Cl)c-2n(-c2ccccc2)n1C. The van der Waals surface area contributed by atoms with Crippen LogP contribution in [-0.4, -0.2) is 19.3 Å². The summed E-state index contributed by atoms with van der Waals surface area (Å²) in [6, 6.07) is 17.0. The summed E-state index contributed by atoms with van der Waals surface area (Å²) in [6.07, 6.45) is 0. The molecular formula is C19H16ClN5O. The van der Waals surface area contributed by atoms with Crippen LogP contribution in [0.25, 0.3) is 17.2 Å². The number of anilines is 2. The molecule has 2 aliphatic heterocycles. The first-order valence-electron chi connectivity index (χ1n) is 8.09. The van der Waals surface area contributed by atoms with Gasteiger partial charge in [0.2, 0.25) is 0 Å². The Hall–Kier alpha value is -3.12. The molecule has 0 fully saturated rings. The van der Waals surface area contributed by atoms with E-state index >= 15 is 0 Å². The van der Waals surface area contributed by atoms with E-state index in [1.165, 1.54) is 0 Å². The van der Waals surface area contributed by atoms with Crippen LogP contribution in [0, 0.1) is 6.92 Å². The number of nitrogens with zero attached hydrogens (tertiary/aromatic N) is 4. The van der Waals surface area contributed by atoms with E-state index in [4.69, 9.17) is 11.6 Å². The molecule has 6 nitrogen and oxygen atoms in total. The van der Waals surface area contributed by atoms with Gasteiger partial charge >= 0.3 is 0 Å². The van der Waals surface area contributed by atoms with E-state index < -0.39 is 0 Å². The molecule has 0 saturated heterocycles. The number of aryl methyl sites for hydroxylation is 1. The molecule has 1 N–H and O–H groups in total. The Morgan fingerprint density at radius 3 is 2.42 bits per heavy atom. The molecule has 2 aliphatic rings. The van der Waals surface area contributed by atoms with Crippen LogP contribution in [0.3, 0.4) is 0 Å². The van der Waals surface area contributed by atoms with E-state index in [-0.39, 0.29) is 5.56 Å². The van der Waals surface area contributed by atoms with Crippen molar-refractivity contribution >= 4 is 23.0 Å². The second-order valence-corrected chi connectivity index (χ2v) is 6.31. The lowest BCUT2D eigenvalue weighted by Crippen LogP contribution is -2.19. The number of halogens is 1. The topological polar surface area (TPSA) is 64.7 Å². The Kier molecular flexibility index (Phi) is 3.97. The number of nitrogens with one attached hydrogen (secondary N) is 1. The standard InChI is InChI=1S/C19H16ClN5O/c1-12-21-18-17(25(24(12)2)13-8-4-3-5-9-13)16(19(26)23-18)22-15-11-7-6-10-14(15)20/h3-11H,1-2H3,(H,22,23,26). The monoisotopic (exact) mass is 365 g/mol. The van der Waals surface area contributed by atoms with Crippen LogP contribution in [0.1, 0.15) is 5.82 Å². The number of hydrogen-bond donors (Lipinski definition) is 1. The van der Waals surface area contributed by atoms with Crippen LogP contribution >= 0.6 is 11.6 Å². The van der Waals surface area contributed by atoms with Crippen molar-refractivity contribution in [3.63, 3.8) is 0 Å². The fourth-order valence-electron chi connectivity index (χ4n) is 2.90. The summed E-state index contributed by atoms with van der Waals surface area (Å²) in [5.41, 5.74) is 2.13. The van der Waals surface area contributed by atoms with Crippen LogP contribution in [-0.2, 0) is 7.05 Å². The Balaban J connectivity index is 2.00. The Labute approximate surface area is 155 Å². The maximum Gasteiger partial charge on any atom is 0.297 e. The predicted molar refractivity (Wildman–Crippen MR) is 103 cm³/mol. The molecule has 0 radical (unpaired) electrons. The lowest BCUT2D eigenvalue weighted by Gasteiger charge is -2.21. The van der Waals surface area contributed by atoms with Crippen molar-refractivity contribution in [2.24, 2.45) is 7.05 Å². The summed E-state index contributed by atoms with van der Waals surface area (Å²) in [4.78, 5) is 21.2. The fourth-order valence-corrected chi connectivity index (χ4v) is 3.08. The molecule has 26 heavy (non-hydrogen) atoms. The summed E-state index contributed by atoms with van der Waals surface area (Å²) in [5, 5.41) is 3.66. The highest BCUT2D eigenvalue weighted by atomic mass is 35.5. The highest BCUT2D eigenvalue weighted by Gasteiger charge is 2.25. The van der Waals surface area contributed by atoms with E-state index in [1.807, 2.05) is 71.9 Å². The van der Waals surface area contributed by atoms with Gasteiger partial charge in [0.1, 0.15) is 17.2 Å². The van der Waals surface area contributed by atoms with Gasteiger partial charge in [0.05, 0.1) is 16.4 Å². The van der Waals surface area contributed by atoms with Gasteiger partial charge in [-0.05, 0) is 31.2 Å². The molecule has 4 rings (SSSR count). The fraction of sp³-hybridized carbons (Fsp3) is 0.105. The number of benzene rings is 2. The molecule has 130 valence electrons. The minimum Gasteiger partial charge on any atom is -0.348 e. The second kappa shape index (κ2) is 6.31. The van der Waals surface area contributed by atoms with Crippen LogP contribution in [0.4, 0.5) is 11.4 Å². The second-order valence-electron chi connectivity index (χ2n) is 5.90. The number of rotatable bonds is 3. The molecule has 2 aromatic carbocycles. The quantitative estimate of drug-likeness (QED) is 0.600. The van der Waals surface area contributed by atoms with Gasteiger partial charge in [-0.2, -0.15) is 4.98 Å². The highest BCUT2D eigenvalue weighted by molar-refractivity contribution is 6.33. The van der Waals surface area contributed by atoms with Crippen molar-refractivity contribution in [2.45, 2.75) is 6.92 Å². The molecule has 0 saturated carbocycles. The van der Waals surface area contributed by atoms with Crippen LogP contribution in [0.15, 0.2) is 59.4 Å². The molecule has 0 spiro atoms. The number of para-hydroxylation sites is 2. The predicted octanol–water partition coefficient (Wildman–Crippen LogP) is 3.78. The number of aromatic nitrogens is 4. The zero-order valence-corrected chi connectivity index (χ0v) is 15.0. The molecule has 2 heterocycles. The van der Waals surface area contributed by atoms with Gasteiger partial charge < -0.3 is 5.32 Å². The van der Waals surface area contributed by atoms with Crippen molar-refractivity contribution in [3.8, 4) is 17.2 Å². The molecule has 0 bridgehead atoms. The third kappa shape index (κ3) is 2.64. The Morgan fingerprint density at radius 2 is 1.69 bits per heavy atom. The summed E-state index contributed by atoms with van der Waals surface area (Å²) in [7, 11) is 1.89. The van der Waals surface area contributed by atoms with Crippen LogP contribution in [0.2, 0.25) is 5.02 Å². The first-order valence-corrected chi connectivity index (χ1v) is 8.47. The van der Waals surface area contributed by atoms with E-state index in [2.05, 4.69) is 15.3 Å². The van der Waals surface area contributed by atoms with Crippen molar-refractivity contribution in [1.29, 1.82) is 0 Å². The maximum atomic E-state index is 12.6. The summed E-state index contributed by atoms with van der Waals surface area (Å²) < 4.78 is 3.81. The lowest BCUT2D eigenvalue weighted by atomic mass is 10.2. The van der Waals surface area contributed by atoms with Crippen molar-refractivity contribution in [3.05, 3.63) is 75.8 Å². The van der Waals surface area contributed by atoms with Crippen LogP contribution in [0.5, 0.6) is 0 Å². The number of hydrogen-bond acceptors (Lipinski definition) is 4. The first kappa shape index (κ1) is 16.4. The Morgan fingerprint density at radius 1 is 1.00 bits per heavy atom. The van der Waals surface area contributed by atoms with Gasteiger partial charge in [-0.15, -0.1) is 0 Å². The minimum absolute atomic E-state index is 0.347.